The summed E-state index contributed by atoms with van der Waals surface area (Å²) in [4.78, 5) is 24.7. The Hall–Kier alpha value is -1.88. The predicted octanol–water partition coefficient (Wildman–Crippen LogP) is 1.55. The second-order valence-electron chi connectivity index (χ2n) is 5.53. The minimum absolute atomic E-state index is 0.0249. The molecule has 1 unspecified atom stereocenters. The summed E-state index contributed by atoms with van der Waals surface area (Å²) in [6, 6.07) is 6.02. The number of nitrogens with zero attached hydrogens (tertiary/aromatic N) is 1. The van der Waals surface area contributed by atoms with Gasteiger partial charge in [-0.3, -0.25) is 9.59 Å². The van der Waals surface area contributed by atoms with Gasteiger partial charge in [-0.2, -0.15) is 0 Å². The van der Waals surface area contributed by atoms with Crippen LogP contribution in [0.1, 0.15) is 23.1 Å². The van der Waals surface area contributed by atoms with E-state index in [4.69, 9.17) is 9.84 Å². The molecule has 0 radical (unpaired) electrons. The monoisotopic (exact) mass is 291 g/mol. The van der Waals surface area contributed by atoms with Crippen LogP contribution in [-0.4, -0.2) is 47.7 Å². The van der Waals surface area contributed by atoms with Gasteiger partial charge >= 0.3 is 5.97 Å². The third-order valence-corrected chi connectivity index (χ3v) is 3.82. The van der Waals surface area contributed by atoms with E-state index in [2.05, 4.69) is 0 Å². The van der Waals surface area contributed by atoms with E-state index in [-0.39, 0.29) is 12.3 Å². The number of morpholine rings is 1. The van der Waals surface area contributed by atoms with Crippen molar-refractivity contribution in [3.05, 3.63) is 34.9 Å². The highest BCUT2D eigenvalue weighted by atomic mass is 16.5. The minimum Gasteiger partial charge on any atom is -0.481 e. The Kier molecular flexibility index (Phi) is 4.96. The summed E-state index contributed by atoms with van der Waals surface area (Å²) in [6.45, 7) is 5.35. The zero-order chi connectivity index (χ0) is 15.4. The van der Waals surface area contributed by atoms with Crippen molar-refractivity contribution in [1.29, 1.82) is 0 Å². The molecule has 0 saturated carbocycles. The lowest BCUT2D eigenvalue weighted by atomic mass is 10.0. The first-order valence-corrected chi connectivity index (χ1v) is 7.13. The Labute approximate surface area is 124 Å². The second kappa shape index (κ2) is 6.72. The van der Waals surface area contributed by atoms with Crippen LogP contribution in [0, 0.1) is 13.8 Å². The third kappa shape index (κ3) is 4.29. The highest BCUT2D eigenvalue weighted by molar-refractivity contribution is 5.79. The maximum atomic E-state index is 12.3. The standard InChI is InChI=1S/C16H21NO4/c1-11-3-4-13(7-12(11)2)8-15(18)17-5-6-21-14(10-17)9-16(19)20/h3-4,7,14H,5-6,8-10H2,1-2H3,(H,19,20). The number of benzene rings is 1. The summed E-state index contributed by atoms with van der Waals surface area (Å²) in [5, 5.41) is 8.80. The number of hydrogen-bond donors (Lipinski definition) is 1. The summed E-state index contributed by atoms with van der Waals surface area (Å²) in [5.41, 5.74) is 3.37. The van der Waals surface area contributed by atoms with Gasteiger partial charge in [0.1, 0.15) is 0 Å². The minimum atomic E-state index is -0.900. The smallest absolute Gasteiger partial charge is 0.306 e. The summed E-state index contributed by atoms with van der Waals surface area (Å²) in [6.07, 6.45) is -0.117. The molecule has 1 aliphatic rings. The van der Waals surface area contributed by atoms with Gasteiger partial charge in [0.05, 0.1) is 25.6 Å². The van der Waals surface area contributed by atoms with Crippen molar-refractivity contribution in [3.8, 4) is 0 Å². The number of aliphatic carboxylic acids is 1. The molecule has 5 heteroatoms. The molecule has 1 amide bonds. The Morgan fingerprint density at radius 2 is 2.10 bits per heavy atom. The molecule has 0 spiro atoms. The third-order valence-electron chi connectivity index (χ3n) is 3.82. The van der Waals surface area contributed by atoms with Crippen molar-refractivity contribution >= 4 is 11.9 Å². The number of amides is 1. The fourth-order valence-corrected chi connectivity index (χ4v) is 2.46. The lowest BCUT2D eigenvalue weighted by molar-refractivity contribution is -0.147. The van der Waals surface area contributed by atoms with Crippen LogP contribution in [0.25, 0.3) is 0 Å². The van der Waals surface area contributed by atoms with Crippen molar-refractivity contribution in [2.45, 2.75) is 32.8 Å². The first-order chi connectivity index (χ1) is 9.95. The lowest BCUT2D eigenvalue weighted by Gasteiger charge is -2.32. The SMILES string of the molecule is Cc1ccc(CC(=O)N2CCOC(CC(=O)O)C2)cc1C. The van der Waals surface area contributed by atoms with Gasteiger partial charge in [0.2, 0.25) is 5.91 Å². The normalized spacial score (nSPS) is 18.6. The Bertz CT molecular complexity index is 541. The Morgan fingerprint density at radius 1 is 1.33 bits per heavy atom. The van der Waals surface area contributed by atoms with Crippen LogP contribution in [0.2, 0.25) is 0 Å². The van der Waals surface area contributed by atoms with Crippen LogP contribution in [0.15, 0.2) is 18.2 Å². The summed E-state index contributed by atoms with van der Waals surface area (Å²) < 4.78 is 5.38. The van der Waals surface area contributed by atoms with Crippen molar-refractivity contribution in [3.63, 3.8) is 0 Å². The van der Waals surface area contributed by atoms with Gasteiger partial charge in [0.25, 0.3) is 0 Å². The number of hydrogen-bond acceptors (Lipinski definition) is 3. The van der Waals surface area contributed by atoms with Crippen LogP contribution in [-0.2, 0) is 20.7 Å². The van der Waals surface area contributed by atoms with E-state index in [9.17, 15) is 9.59 Å². The van der Waals surface area contributed by atoms with Crippen LogP contribution < -0.4 is 0 Å². The molecule has 1 heterocycles. The summed E-state index contributed by atoms with van der Waals surface area (Å²) >= 11 is 0. The lowest BCUT2D eigenvalue weighted by Crippen LogP contribution is -2.46. The second-order valence-corrected chi connectivity index (χ2v) is 5.53. The van der Waals surface area contributed by atoms with Gasteiger partial charge in [-0.25, -0.2) is 0 Å². The van der Waals surface area contributed by atoms with Crippen molar-refractivity contribution in [1.82, 2.24) is 4.90 Å². The van der Waals surface area contributed by atoms with Crippen LogP contribution in [0.5, 0.6) is 0 Å². The number of ether oxygens (including phenoxy) is 1. The molecule has 21 heavy (non-hydrogen) atoms. The van der Waals surface area contributed by atoms with E-state index in [0.717, 1.165) is 5.56 Å². The van der Waals surface area contributed by atoms with Gasteiger partial charge < -0.3 is 14.7 Å². The molecule has 1 aromatic carbocycles. The van der Waals surface area contributed by atoms with E-state index >= 15 is 0 Å². The fourth-order valence-electron chi connectivity index (χ4n) is 2.46. The maximum absolute atomic E-state index is 12.3. The van der Waals surface area contributed by atoms with E-state index in [1.54, 1.807) is 4.90 Å². The molecule has 0 aromatic heterocycles. The molecule has 1 aliphatic heterocycles. The number of carboxylic acids is 1. The van der Waals surface area contributed by atoms with E-state index in [0.29, 0.717) is 26.1 Å². The van der Waals surface area contributed by atoms with Gasteiger partial charge in [-0.1, -0.05) is 18.2 Å². The quantitative estimate of drug-likeness (QED) is 0.914. The number of carboxylic acid groups (broad SMARTS) is 1. The van der Waals surface area contributed by atoms with Gasteiger partial charge in [0, 0.05) is 13.1 Å². The number of rotatable bonds is 4. The molecule has 0 aliphatic carbocycles. The molecule has 5 nitrogen and oxygen atoms in total. The largest absolute Gasteiger partial charge is 0.481 e. The zero-order valence-electron chi connectivity index (χ0n) is 12.5. The first-order valence-electron chi connectivity index (χ1n) is 7.13. The van der Waals surface area contributed by atoms with Crippen LogP contribution >= 0.6 is 0 Å². The predicted molar refractivity (Wildman–Crippen MR) is 78.2 cm³/mol. The summed E-state index contributed by atoms with van der Waals surface area (Å²) in [5.74, 6) is -0.875. The van der Waals surface area contributed by atoms with Crippen molar-refractivity contribution < 1.29 is 19.4 Å². The molecular formula is C16H21NO4. The molecule has 1 atom stereocenters. The summed E-state index contributed by atoms with van der Waals surface area (Å²) in [7, 11) is 0. The zero-order valence-corrected chi connectivity index (χ0v) is 12.5. The highest BCUT2D eigenvalue weighted by Gasteiger charge is 2.25. The number of carbonyl (C=O) groups is 2. The topological polar surface area (TPSA) is 66.8 Å². The van der Waals surface area contributed by atoms with Crippen molar-refractivity contribution in [2.75, 3.05) is 19.7 Å². The van der Waals surface area contributed by atoms with E-state index < -0.39 is 12.1 Å². The molecule has 1 N–H and O–H groups in total. The number of aryl methyl sites for hydroxylation is 2. The molecule has 0 bridgehead atoms. The Balaban J connectivity index is 1.96. The van der Waals surface area contributed by atoms with Crippen LogP contribution in [0.3, 0.4) is 0 Å². The average molecular weight is 291 g/mol. The van der Waals surface area contributed by atoms with Gasteiger partial charge in [0.15, 0.2) is 0 Å². The van der Waals surface area contributed by atoms with E-state index in [1.165, 1.54) is 11.1 Å². The molecule has 1 aromatic rings. The van der Waals surface area contributed by atoms with Gasteiger partial charge in [-0.15, -0.1) is 0 Å². The maximum Gasteiger partial charge on any atom is 0.306 e. The van der Waals surface area contributed by atoms with Crippen molar-refractivity contribution in [2.24, 2.45) is 0 Å². The van der Waals surface area contributed by atoms with Crippen LogP contribution in [0.4, 0.5) is 0 Å². The fraction of sp³-hybridized carbons (Fsp3) is 0.500. The molecular weight excluding hydrogens is 270 g/mol. The van der Waals surface area contributed by atoms with E-state index in [1.807, 2.05) is 32.0 Å². The van der Waals surface area contributed by atoms with Gasteiger partial charge in [-0.05, 0) is 30.5 Å². The molecule has 114 valence electrons. The average Bonchev–Trinajstić information content (AvgIpc) is 2.42. The Morgan fingerprint density at radius 3 is 2.76 bits per heavy atom. The highest BCUT2D eigenvalue weighted by Crippen LogP contribution is 2.14. The first kappa shape index (κ1) is 15.5. The molecule has 1 saturated heterocycles. The number of carbonyl (C=O) groups excluding carboxylic acids is 1. The molecule has 1 fully saturated rings. The molecule has 2 rings (SSSR count).